The largest absolute Gasteiger partial charge is 0.481 e. The van der Waals surface area contributed by atoms with Gasteiger partial charge in [0.15, 0.2) is 17.6 Å². The lowest BCUT2D eigenvalue weighted by Gasteiger charge is -2.36. The van der Waals surface area contributed by atoms with Crippen molar-refractivity contribution in [1.29, 1.82) is 0 Å². The molecule has 1 amide bonds. The number of benzene rings is 1. The Hall–Kier alpha value is -2.70. The van der Waals surface area contributed by atoms with E-state index in [1.807, 2.05) is 24.3 Å². The Morgan fingerprint density at radius 3 is 2.96 bits per heavy atom. The number of hydrogen-bond donors (Lipinski definition) is 0. The molecule has 7 nitrogen and oxygen atoms in total. The van der Waals surface area contributed by atoms with Crippen molar-refractivity contribution in [3.05, 3.63) is 36.2 Å². The maximum absolute atomic E-state index is 13.0. The van der Waals surface area contributed by atoms with E-state index in [2.05, 4.69) is 5.10 Å². The summed E-state index contributed by atoms with van der Waals surface area (Å²) in [6.07, 6.45) is 6.33. The van der Waals surface area contributed by atoms with Crippen molar-refractivity contribution in [3.63, 3.8) is 0 Å². The third kappa shape index (κ3) is 3.21. The average Bonchev–Trinajstić information content (AvgIpc) is 3.29. The number of rotatable bonds is 4. The predicted molar refractivity (Wildman–Crippen MR) is 94.2 cm³/mol. The van der Waals surface area contributed by atoms with Crippen LogP contribution in [0.25, 0.3) is 0 Å². The van der Waals surface area contributed by atoms with E-state index >= 15 is 0 Å². The van der Waals surface area contributed by atoms with E-state index in [9.17, 15) is 4.79 Å². The zero-order valence-electron chi connectivity index (χ0n) is 15.1. The molecule has 0 unspecified atom stereocenters. The highest BCUT2D eigenvalue weighted by molar-refractivity contribution is 5.81. The Morgan fingerprint density at radius 2 is 2.15 bits per heavy atom. The molecule has 0 bridgehead atoms. The minimum atomic E-state index is -0.576. The summed E-state index contributed by atoms with van der Waals surface area (Å²) in [5, 5.41) is 4.25. The fraction of sp³-hybridized carbons (Fsp3) is 0.474. The Bertz CT molecular complexity index is 804. The SMILES string of the molecule is C[C@@H](Oc1ccc2c(c1)OCO2)C(=O)N1CCCC[C@H]1c1cnn(C)c1. The second kappa shape index (κ2) is 6.90. The van der Waals surface area contributed by atoms with Crippen LogP contribution < -0.4 is 14.2 Å². The van der Waals surface area contributed by atoms with Gasteiger partial charge in [-0.3, -0.25) is 9.48 Å². The van der Waals surface area contributed by atoms with Crippen molar-refractivity contribution < 1.29 is 19.0 Å². The molecule has 0 N–H and O–H groups in total. The van der Waals surface area contributed by atoms with Crippen molar-refractivity contribution in [2.75, 3.05) is 13.3 Å². The Morgan fingerprint density at radius 1 is 1.31 bits per heavy atom. The van der Waals surface area contributed by atoms with Crippen molar-refractivity contribution in [2.45, 2.75) is 38.3 Å². The van der Waals surface area contributed by atoms with Gasteiger partial charge < -0.3 is 19.1 Å². The predicted octanol–water partition coefficient (Wildman–Crippen LogP) is 2.67. The van der Waals surface area contributed by atoms with Crippen LogP contribution in [-0.4, -0.2) is 40.0 Å². The minimum Gasteiger partial charge on any atom is -0.481 e. The van der Waals surface area contributed by atoms with Gasteiger partial charge in [-0.25, -0.2) is 0 Å². The van der Waals surface area contributed by atoms with Crippen LogP contribution in [0.15, 0.2) is 30.6 Å². The molecule has 26 heavy (non-hydrogen) atoms. The van der Waals surface area contributed by atoms with E-state index in [0.29, 0.717) is 17.2 Å². The summed E-state index contributed by atoms with van der Waals surface area (Å²) in [6, 6.07) is 5.43. The summed E-state index contributed by atoms with van der Waals surface area (Å²) in [7, 11) is 1.89. The molecule has 0 aliphatic carbocycles. The average molecular weight is 357 g/mol. The third-order valence-electron chi connectivity index (χ3n) is 4.90. The number of amides is 1. The van der Waals surface area contributed by atoms with E-state index in [1.165, 1.54) is 0 Å². The van der Waals surface area contributed by atoms with Crippen molar-refractivity contribution >= 4 is 5.91 Å². The zero-order chi connectivity index (χ0) is 18.1. The second-order valence-electron chi connectivity index (χ2n) is 6.77. The molecular formula is C19H23N3O4. The number of nitrogens with zero attached hydrogens (tertiary/aromatic N) is 3. The third-order valence-corrected chi connectivity index (χ3v) is 4.90. The van der Waals surface area contributed by atoms with Gasteiger partial charge in [-0.05, 0) is 38.3 Å². The first-order valence-electron chi connectivity index (χ1n) is 8.97. The molecule has 1 aromatic carbocycles. The minimum absolute atomic E-state index is 0.00350. The standard InChI is InChI=1S/C19H23N3O4/c1-13(26-15-6-7-17-18(9-15)25-12-24-17)19(23)22-8-4-3-5-16(22)14-10-20-21(2)11-14/h6-7,9-11,13,16H,3-5,8,12H2,1-2H3/t13-,16+/m1/s1. The lowest BCUT2D eigenvalue weighted by atomic mass is 9.97. The molecule has 1 fully saturated rings. The van der Waals surface area contributed by atoms with Crippen LogP contribution in [0.5, 0.6) is 17.2 Å². The van der Waals surface area contributed by atoms with Crippen LogP contribution in [0.4, 0.5) is 0 Å². The van der Waals surface area contributed by atoms with Gasteiger partial charge in [-0.2, -0.15) is 5.10 Å². The number of piperidine rings is 1. The number of hydrogen-bond acceptors (Lipinski definition) is 5. The van der Waals surface area contributed by atoms with Crippen LogP contribution in [0, 0.1) is 0 Å². The highest BCUT2D eigenvalue weighted by Gasteiger charge is 2.32. The maximum Gasteiger partial charge on any atom is 0.263 e. The molecule has 1 saturated heterocycles. The molecule has 0 spiro atoms. The van der Waals surface area contributed by atoms with Crippen LogP contribution in [0.1, 0.15) is 37.8 Å². The van der Waals surface area contributed by atoms with Crippen molar-refractivity contribution in [1.82, 2.24) is 14.7 Å². The number of likely N-dealkylation sites (tertiary alicyclic amines) is 1. The van der Waals surface area contributed by atoms with Crippen molar-refractivity contribution in [2.24, 2.45) is 7.05 Å². The first-order chi connectivity index (χ1) is 12.6. The Kier molecular flexibility index (Phi) is 4.44. The summed E-state index contributed by atoms with van der Waals surface area (Å²) in [4.78, 5) is 15.0. The number of fused-ring (bicyclic) bond motifs is 1. The molecule has 2 aliphatic rings. The zero-order valence-corrected chi connectivity index (χ0v) is 15.1. The van der Waals surface area contributed by atoms with Crippen LogP contribution >= 0.6 is 0 Å². The summed E-state index contributed by atoms with van der Waals surface area (Å²) in [6.45, 7) is 2.75. The summed E-state index contributed by atoms with van der Waals surface area (Å²) in [5.74, 6) is 1.94. The van der Waals surface area contributed by atoms with E-state index in [1.54, 1.807) is 29.8 Å². The van der Waals surface area contributed by atoms with E-state index in [4.69, 9.17) is 14.2 Å². The van der Waals surface area contributed by atoms with Gasteiger partial charge in [0.25, 0.3) is 5.91 Å². The fourth-order valence-electron chi connectivity index (χ4n) is 3.59. The van der Waals surface area contributed by atoms with Gasteiger partial charge in [0, 0.05) is 31.4 Å². The molecule has 2 aromatic rings. The topological polar surface area (TPSA) is 65.8 Å². The van der Waals surface area contributed by atoms with Gasteiger partial charge in [-0.1, -0.05) is 0 Å². The van der Waals surface area contributed by atoms with Gasteiger partial charge in [0.2, 0.25) is 6.79 Å². The molecule has 0 radical (unpaired) electrons. The first kappa shape index (κ1) is 16.8. The van der Waals surface area contributed by atoms with Crippen LogP contribution in [-0.2, 0) is 11.8 Å². The molecular weight excluding hydrogens is 334 g/mol. The van der Waals surface area contributed by atoms with E-state index in [0.717, 1.165) is 31.4 Å². The van der Waals surface area contributed by atoms with Gasteiger partial charge in [0.1, 0.15) is 5.75 Å². The van der Waals surface area contributed by atoms with Crippen LogP contribution in [0.2, 0.25) is 0 Å². The quantitative estimate of drug-likeness (QED) is 0.842. The van der Waals surface area contributed by atoms with Gasteiger partial charge >= 0.3 is 0 Å². The van der Waals surface area contributed by atoms with E-state index in [-0.39, 0.29) is 18.7 Å². The highest BCUT2D eigenvalue weighted by Crippen LogP contribution is 2.36. The number of ether oxygens (including phenoxy) is 3. The Balaban J connectivity index is 1.48. The fourth-order valence-corrected chi connectivity index (χ4v) is 3.59. The lowest BCUT2D eigenvalue weighted by molar-refractivity contribution is -0.142. The van der Waals surface area contributed by atoms with Crippen LogP contribution in [0.3, 0.4) is 0 Å². The second-order valence-corrected chi connectivity index (χ2v) is 6.77. The molecule has 2 aliphatic heterocycles. The molecule has 1 aromatic heterocycles. The van der Waals surface area contributed by atoms with Gasteiger partial charge in [-0.15, -0.1) is 0 Å². The number of carbonyl (C=O) groups excluding carboxylic acids is 1. The number of aromatic nitrogens is 2. The van der Waals surface area contributed by atoms with Crippen molar-refractivity contribution in [3.8, 4) is 17.2 Å². The number of carbonyl (C=O) groups is 1. The maximum atomic E-state index is 13.0. The van der Waals surface area contributed by atoms with E-state index < -0.39 is 6.10 Å². The molecule has 7 heteroatoms. The number of aryl methyl sites for hydroxylation is 1. The van der Waals surface area contributed by atoms with Gasteiger partial charge in [0.05, 0.1) is 12.2 Å². The molecule has 3 heterocycles. The lowest BCUT2D eigenvalue weighted by Crippen LogP contribution is -2.44. The Labute approximate surface area is 152 Å². The molecule has 0 saturated carbocycles. The summed E-state index contributed by atoms with van der Waals surface area (Å²) >= 11 is 0. The molecule has 2 atom stereocenters. The summed E-state index contributed by atoms with van der Waals surface area (Å²) < 4.78 is 18.3. The monoisotopic (exact) mass is 357 g/mol. The highest BCUT2D eigenvalue weighted by atomic mass is 16.7. The smallest absolute Gasteiger partial charge is 0.263 e. The normalized spacial score (nSPS) is 20.1. The first-order valence-corrected chi connectivity index (χ1v) is 8.97. The molecule has 138 valence electrons. The summed E-state index contributed by atoms with van der Waals surface area (Å²) in [5.41, 5.74) is 1.08. The molecule has 4 rings (SSSR count).